The van der Waals surface area contributed by atoms with E-state index >= 15 is 0 Å². The van der Waals surface area contributed by atoms with Crippen molar-refractivity contribution in [3.63, 3.8) is 0 Å². The Hall–Kier alpha value is -1.88. The number of hydrogen-bond acceptors (Lipinski definition) is 3. The van der Waals surface area contributed by atoms with Gasteiger partial charge in [-0.15, -0.1) is 0 Å². The van der Waals surface area contributed by atoms with Gasteiger partial charge in [-0.1, -0.05) is 64.9 Å². The summed E-state index contributed by atoms with van der Waals surface area (Å²) >= 11 is 13.4. The number of nitrogens with one attached hydrogen (secondary N) is 1. The average molecular weight is 349 g/mol. The van der Waals surface area contributed by atoms with Crippen molar-refractivity contribution in [2.24, 2.45) is 0 Å². The zero-order valence-electron chi connectivity index (χ0n) is 11.2. The minimum atomic E-state index is -0.245. The first-order valence-corrected chi connectivity index (χ1v) is 7.99. The Bertz CT molecular complexity index is 859. The zero-order chi connectivity index (χ0) is 15.5. The highest BCUT2D eigenvalue weighted by atomic mass is 35.5. The Kier molecular flexibility index (Phi) is 4.43. The molecule has 0 aliphatic rings. The summed E-state index contributed by atoms with van der Waals surface area (Å²) in [4.78, 5) is 16.2. The van der Waals surface area contributed by atoms with E-state index in [4.69, 9.17) is 23.2 Å². The molecule has 0 aliphatic heterocycles. The van der Waals surface area contributed by atoms with E-state index in [1.807, 2.05) is 30.3 Å². The number of nitrogens with zero attached hydrogens (tertiary/aromatic N) is 1. The van der Waals surface area contributed by atoms with E-state index in [1.165, 1.54) is 17.4 Å². The topological polar surface area (TPSA) is 42.0 Å². The third-order valence-electron chi connectivity index (χ3n) is 2.87. The summed E-state index contributed by atoms with van der Waals surface area (Å²) in [5, 5.41) is 4.23. The lowest BCUT2D eigenvalue weighted by Crippen LogP contribution is -2.07. The SMILES string of the molecule is O=C(/C=C/c1ccccc1)Nc1nc2c(Cl)cc(Cl)cc2s1. The minimum Gasteiger partial charge on any atom is -0.298 e. The molecule has 1 amide bonds. The molecular weight excluding hydrogens is 339 g/mol. The van der Waals surface area contributed by atoms with Gasteiger partial charge in [-0.2, -0.15) is 0 Å². The largest absolute Gasteiger partial charge is 0.298 e. The molecule has 1 N–H and O–H groups in total. The number of anilines is 1. The molecule has 6 heteroatoms. The van der Waals surface area contributed by atoms with Crippen molar-refractivity contribution in [1.82, 2.24) is 4.98 Å². The van der Waals surface area contributed by atoms with E-state index in [2.05, 4.69) is 10.3 Å². The molecule has 0 bridgehead atoms. The first kappa shape index (κ1) is 15.0. The number of amides is 1. The summed E-state index contributed by atoms with van der Waals surface area (Å²) in [6.07, 6.45) is 3.21. The third-order valence-corrected chi connectivity index (χ3v) is 4.29. The van der Waals surface area contributed by atoms with Crippen molar-refractivity contribution in [2.45, 2.75) is 0 Å². The predicted octanol–water partition coefficient (Wildman–Crippen LogP) is 5.26. The number of fused-ring (bicyclic) bond motifs is 1. The van der Waals surface area contributed by atoms with Gasteiger partial charge in [0, 0.05) is 11.1 Å². The van der Waals surface area contributed by atoms with Gasteiger partial charge in [-0.3, -0.25) is 10.1 Å². The van der Waals surface area contributed by atoms with Gasteiger partial charge in [-0.25, -0.2) is 4.98 Å². The lowest BCUT2D eigenvalue weighted by Gasteiger charge is -1.95. The fourth-order valence-corrected chi connectivity index (χ4v) is 3.49. The molecular formula is C16H10Cl2N2OS. The molecule has 3 nitrogen and oxygen atoms in total. The Balaban J connectivity index is 1.77. The molecule has 3 rings (SSSR count). The quantitative estimate of drug-likeness (QED) is 0.656. The van der Waals surface area contributed by atoms with E-state index in [0.29, 0.717) is 20.7 Å². The number of carbonyl (C=O) groups is 1. The molecule has 2 aromatic carbocycles. The molecule has 0 unspecified atom stereocenters. The molecule has 0 fully saturated rings. The molecule has 110 valence electrons. The van der Waals surface area contributed by atoms with Gasteiger partial charge in [0.05, 0.1) is 9.72 Å². The maximum absolute atomic E-state index is 11.9. The third kappa shape index (κ3) is 3.47. The molecule has 1 heterocycles. The molecule has 3 aromatic rings. The van der Waals surface area contributed by atoms with Crippen LogP contribution in [0.2, 0.25) is 10.0 Å². The van der Waals surface area contributed by atoms with Crippen molar-refractivity contribution >= 4 is 61.9 Å². The molecule has 0 radical (unpaired) electrons. The number of benzene rings is 2. The maximum atomic E-state index is 11.9. The summed E-state index contributed by atoms with van der Waals surface area (Å²) in [5.74, 6) is -0.245. The normalized spacial score (nSPS) is 11.2. The smallest absolute Gasteiger partial charge is 0.250 e. The number of halogens is 2. The van der Waals surface area contributed by atoms with E-state index in [1.54, 1.807) is 18.2 Å². The first-order valence-electron chi connectivity index (χ1n) is 6.41. The van der Waals surface area contributed by atoms with Crippen molar-refractivity contribution < 1.29 is 4.79 Å². The van der Waals surface area contributed by atoms with Gasteiger partial charge >= 0.3 is 0 Å². The van der Waals surface area contributed by atoms with E-state index < -0.39 is 0 Å². The first-order chi connectivity index (χ1) is 10.6. The Morgan fingerprint density at radius 2 is 1.95 bits per heavy atom. The van der Waals surface area contributed by atoms with Crippen LogP contribution in [0, 0.1) is 0 Å². The molecule has 22 heavy (non-hydrogen) atoms. The van der Waals surface area contributed by atoms with Crippen LogP contribution in [-0.2, 0) is 4.79 Å². The lowest BCUT2D eigenvalue weighted by atomic mass is 10.2. The highest BCUT2D eigenvalue weighted by molar-refractivity contribution is 7.22. The lowest BCUT2D eigenvalue weighted by molar-refractivity contribution is -0.111. The molecule has 1 aromatic heterocycles. The van der Waals surface area contributed by atoms with E-state index in [-0.39, 0.29) is 5.91 Å². The van der Waals surface area contributed by atoms with Gasteiger partial charge in [0.25, 0.3) is 0 Å². The maximum Gasteiger partial charge on any atom is 0.250 e. The minimum absolute atomic E-state index is 0.245. The summed E-state index contributed by atoms with van der Waals surface area (Å²) in [5.41, 5.74) is 1.59. The molecule has 0 aliphatic carbocycles. The van der Waals surface area contributed by atoms with Crippen LogP contribution in [0.5, 0.6) is 0 Å². The van der Waals surface area contributed by atoms with Crippen LogP contribution in [0.25, 0.3) is 16.3 Å². The van der Waals surface area contributed by atoms with Crippen molar-refractivity contribution in [3.8, 4) is 0 Å². The van der Waals surface area contributed by atoms with E-state index in [0.717, 1.165) is 10.3 Å². The van der Waals surface area contributed by atoms with Gasteiger partial charge < -0.3 is 0 Å². The predicted molar refractivity (Wildman–Crippen MR) is 93.7 cm³/mol. The summed E-state index contributed by atoms with van der Waals surface area (Å²) in [6.45, 7) is 0. The number of carbonyl (C=O) groups excluding carboxylic acids is 1. The summed E-state index contributed by atoms with van der Waals surface area (Å²) < 4.78 is 0.833. The van der Waals surface area contributed by atoms with Crippen molar-refractivity contribution in [2.75, 3.05) is 5.32 Å². The van der Waals surface area contributed by atoms with Gasteiger partial charge in [0.15, 0.2) is 5.13 Å². The Morgan fingerprint density at radius 1 is 1.18 bits per heavy atom. The van der Waals surface area contributed by atoms with Gasteiger partial charge in [0.1, 0.15) is 5.52 Å². The highest BCUT2D eigenvalue weighted by Gasteiger charge is 2.10. The average Bonchev–Trinajstić information content (AvgIpc) is 2.89. The Labute approximate surface area is 141 Å². The Morgan fingerprint density at radius 3 is 2.73 bits per heavy atom. The van der Waals surface area contributed by atoms with E-state index in [9.17, 15) is 4.79 Å². The van der Waals surface area contributed by atoms with Crippen LogP contribution < -0.4 is 5.32 Å². The number of thiazole rings is 1. The fraction of sp³-hybridized carbons (Fsp3) is 0. The van der Waals surface area contributed by atoms with Crippen LogP contribution in [0.1, 0.15) is 5.56 Å². The summed E-state index contributed by atoms with van der Waals surface area (Å²) in [7, 11) is 0. The van der Waals surface area contributed by atoms with Crippen LogP contribution in [-0.4, -0.2) is 10.9 Å². The van der Waals surface area contributed by atoms with Crippen LogP contribution in [0.15, 0.2) is 48.5 Å². The molecule has 0 spiro atoms. The van der Waals surface area contributed by atoms with Crippen LogP contribution >= 0.6 is 34.5 Å². The summed E-state index contributed by atoms with van der Waals surface area (Å²) in [6, 6.07) is 13.0. The number of rotatable bonds is 3. The number of hydrogen-bond donors (Lipinski definition) is 1. The highest BCUT2D eigenvalue weighted by Crippen LogP contribution is 2.33. The molecule has 0 saturated carbocycles. The number of aromatic nitrogens is 1. The standard InChI is InChI=1S/C16H10Cl2N2OS/c17-11-8-12(18)15-13(9-11)22-16(20-15)19-14(21)7-6-10-4-2-1-3-5-10/h1-9H,(H,19,20,21)/b7-6+. The van der Waals surface area contributed by atoms with Crippen molar-refractivity contribution in [1.29, 1.82) is 0 Å². The fourth-order valence-electron chi connectivity index (χ4n) is 1.89. The monoisotopic (exact) mass is 348 g/mol. The van der Waals surface area contributed by atoms with Crippen LogP contribution in [0.4, 0.5) is 5.13 Å². The molecule has 0 saturated heterocycles. The molecule has 0 atom stereocenters. The zero-order valence-corrected chi connectivity index (χ0v) is 13.5. The van der Waals surface area contributed by atoms with Gasteiger partial charge in [0.2, 0.25) is 5.91 Å². The van der Waals surface area contributed by atoms with Crippen molar-refractivity contribution in [3.05, 3.63) is 64.1 Å². The van der Waals surface area contributed by atoms with Gasteiger partial charge in [-0.05, 0) is 23.8 Å². The second kappa shape index (κ2) is 6.48. The second-order valence-electron chi connectivity index (χ2n) is 4.49. The van der Waals surface area contributed by atoms with Crippen LogP contribution in [0.3, 0.4) is 0 Å². The second-order valence-corrected chi connectivity index (χ2v) is 6.36.